The van der Waals surface area contributed by atoms with Gasteiger partial charge in [0, 0.05) is 5.54 Å². The lowest BCUT2D eigenvalue weighted by atomic mass is 10.00. The molecule has 20 heavy (non-hydrogen) atoms. The van der Waals surface area contributed by atoms with E-state index >= 15 is 0 Å². The number of aromatic carboxylic acids is 1. The van der Waals surface area contributed by atoms with Crippen molar-refractivity contribution in [1.29, 1.82) is 0 Å². The molecule has 0 fully saturated rings. The molecule has 106 valence electrons. The second-order valence-corrected chi connectivity index (χ2v) is 5.77. The minimum absolute atomic E-state index is 0.0747. The lowest BCUT2D eigenvalue weighted by molar-refractivity contribution is 0.0696. The van der Waals surface area contributed by atoms with E-state index in [1.165, 1.54) is 6.07 Å². The van der Waals surface area contributed by atoms with Gasteiger partial charge in [-0.3, -0.25) is 0 Å². The molecule has 0 radical (unpaired) electrons. The molecule has 0 saturated carbocycles. The van der Waals surface area contributed by atoms with Crippen LogP contribution in [0.25, 0.3) is 11.0 Å². The number of nitrogens with one attached hydrogen (secondary N) is 1. The highest BCUT2D eigenvalue weighted by molar-refractivity contribution is 5.95. The standard InChI is InChI=1S/C14H17N3O3/c1-14(2)3-4-15-7-11-16-12-9(17(11)14)5-8(13(19)20)6-10(12)18/h5-6,15,18H,3-4,7H2,1-2H3,(H,19,20). The van der Waals surface area contributed by atoms with E-state index in [2.05, 4.69) is 24.1 Å². The highest BCUT2D eigenvalue weighted by Crippen LogP contribution is 2.34. The van der Waals surface area contributed by atoms with Crippen LogP contribution in [0.3, 0.4) is 0 Å². The number of hydrogen-bond donors (Lipinski definition) is 3. The smallest absolute Gasteiger partial charge is 0.335 e. The van der Waals surface area contributed by atoms with Crippen molar-refractivity contribution in [2.24, 2.45) is 0 Å². The van der Waals surface area contributed by atoms with Gasteiger partial charge in [-0.1, -0.05) is 0 Å². The molecule has 1 aliphatic rings. The fourth-order valence-electron chi connectivity index (χ4n) is 2.83. The van der Waals surface area contributed by atoms with Crippen LogP contribution in [0, 0.1) is 0 Å². The molecular weight excluding hydrogens is 258 g/mol. The van der Waals surface area contributed by atoms with Gasteiger partial charge in [-0.2, -0.15) is 0 Å². The van der Waals surface area contributed by atoms with Gasteiger partial charge in [0.15, 0.2) is 0 Å². The van der Waals surface area contributed by atoms with E-state index in [-0.39, 0.29) is 16.9 Å². The van der Waals surface area contributed by atoms with Crippen molar-refractivity contribution < 1.29 is 15.0 Å². The summed E-state index contributed by atoms with van der Waals surface area (Å²) in [6.45, 7) is 5.67. The number of carbonyl (C=O) groups is 1. The summed E-state index contributed by atoms with van der Waals surface area (Å²) in [6, 6.07) is 2.83. The van der Waals surface area contributed by atoms with Crippen LogP contribution < -0.4 is 5.32 Å². The fourth-order valence-corrected chi connectivity index (χ4v) is 2.83. The molecule has 0 saturated heterocycles. The monoisotopic (exact) mass is 275 g/mol. The van der Waals surface area contributed by atoms with Crippen LogP contribution in [0.2, 0.25) is 0 Å². The zero-order chi connectivity index (χ0) is 14.5. The quantitative estimate of drug-likeness (QED) is 0.737. The summed E-state index contributed by atoms with van der Waals surface area (Å²) in [7, 11) is 0. The van der Waals surface area contributed by atoms with E-state index < -0.39 is 5.97 Å². The highest BCUT2D eigenvalue weighted by atomic mass is 16.4. The van der Waals surface area contributed by atoms with Crippen molar-refractivity contribution in [3.05, 3.63) is 23.5 Å². The van der Waals surface area contributed by atoms with E-state index in [1.807, 2.05) is 4.57 Å². The molecule has 2 heterocycles. The van der Waals surface area contributed by atoms with Crippen molar-refractivity contribution in [2.45, 2.75) is 32.4 Å². The number of benzene rings is 1. The van der Waals surface area contributed by atoms with Crippen LogP contribution in [0.15, 0.2) is 12.1 Å². The first-order chi connectivity index (χ1) is 9.40. The Balaban J connectivity index is 2.36. The largest absolute Gasteiger partial charge is 0.506 e. The summed E-state index contributed by atoms with van der Waals surface area (Å²) in [5, 5.41) is 22.5. The molecule has 3 N–H and O–H groups in total. The number of imidazole rings is 1. The van der Waals surface area contributed by atoms with Gasteiger partial charge in [0.05, 0.1) is 17.6 Å². The SMILES string of the molecule is CC1(C)CCNCc2nc3c(O)cc(C(=O)O)cc3n21. The first-order valence-corrected chi connectivity index (χ1v) is 6.59. The number of aromatic nitrogens is 2. The number of hydrogen-bond acceptors (Lipinski definition) is 4. The third-order valence-corrected chi connectivity index (χ3v) is 3.86. The fraction of sp³-hybridized carbons (Fsp3) is 0.429. The maximum Gasteiger partial charge on any atom is 0.335 e. The Labute approximate surface area is 116 Å². The normalized spacial score (nSPS) is 17.7. The zero-order valence-electron chi connectivity index (χ0n) is 11.5. The Morgan fingerprint density at radius 2 is 2.20 bits per heavy atom. The predicted octanol–water partition coefficient (Wildman–Crippen LogP) is 1.67. The van der Waals surface area contributed by atoms with Crippen LogP contribution in [-0.2, 0) is 12.1 Å². The number of phenols is 1. The summed E-state index contributed by atoms with van der Waals surface area (Å²) >= 11 is 0. The Kier molecular flexibility index (Phi) is 2.72. The minimum atomic E-state index is -1.05. The number of carboxylic acid groups (broad SMARTS) is 1. The Morgan fingerprint density at radius 1 is 1.45 bits per heavy atom. The molecule has 2 aromatic rings. The summed E-state index contributed by atoms with van der Waals surface area (Å²) in [5.74, 6) is -0.320. The Bertz CT molecular complexity index is 703. The number of fused-ring (bicyclic) bond motifs is 3. The van der Waals surface area contributed by atoms with E-state index in [9.17, 15) is 9.90 Å². The van der Waals surface area contributed by atoms with Crippen molar-refractivity contribution in [3.8, 4) is 5.75 Å². The van der Waals surface area contributed by atoms with Crippen LogP contribution in [0.1, 0.15) is 36.5 Å². The van der Waals surface area contributed by atoms with Crippen LogP contribution in [0.4, 0.5) is 0 Å². The minimum Gasteiger partial charge on any atom is -0.506 e. The molecule has 0 aliphatic carbocycles. The topological polar surface area (TPSA) is 87.4 Å². The van der Waals surface area contributed by atoms with Crippen molar-refractivity contribution in [1.82, 2.24) is 14.9 Å². The highest BCUT2D eigenvalue weighted by Gasteiger charge is 2.29. The first-order valence-electron chi connectivity index (χ1n) is 6.59. The molecule has 3 rings (SSSR count). The maximum absolute atomic E-state index is 11.2. The van der Waals surface area contributed by atoms with Gasteiger partial charge in [0.2, 0.25) is 0 Å². The van der Waals surface area contributed by atoms with E-state index in [1.54, 1.807) is 6.07 Å². The van der Waals surface area contributed by atoms with Crippen molar-refractivity contribution in [3.63, 3.8) is 0 Å². The molecule has 0 amide bonds. The lowest BCUT2D eigenvalue weighted by Crippen LogP contribution is -2.27. The second-order valence-electron chi connectivity index (χ2n) is 5.77. The molecule has 1 aromatic heterocycles. The zero-order valence-corrected chi connectivity index (χ0v) is 11.5. The van der Waals surface area contributed by atoms with Crippen LogP contribution >= 0.6 is 0 Å². The molecule has 0 spiro atoms. The summed E-state index contributed by atoms with van der Waals surface area (Å²) < 4.78 is 2.04. The Hall–Kier alpha value is -2.08. The van der Waals surface area contributed by atoms with E-state index in [0.717, 1.165) is 18.8 Å². The van der Waals surface area contributed by atoms with Crippen molar-refractivity contribution in [2.75, 3.05) is 6.54 Å². The molecule has 1 aliphatic heterocycles. The molecule has 0 atom stereocenters. The number of rotatable bonds is 1. The number of aromatic hydroxyl groups is 1. The third-order valence-electron chi connectivity index (χ3n) is 3.86. The van der Waals surface area contributed by atoms with Gasteiger partial charge in [0.1, 0.15) is 17.1 Å². The molecule has 6 nitrogen and oxygen atoms in total. The molecule has 0 bridgehead atoms. The van der Waals surface area contributed by atoms with Gasteiger partial charge in [-0.25, -0.2) is 9.78 Å². The summed E-state index contributed by atoms with van der Waals surface area (Å²) in [5.41, 5.74) is 1.02. The van der Waals surface area contributed by atoms with Crippen LogP contribution in [0.5, 0.6) is 5.75 Å². The predicted molar refractivity (Wildman–Crippen MR) is 74.0 cm³/mol. The average molecular weight is 275 g/mol. The summed E-state index contributed by atoms with van der Waals surface area (Å²) in [4.78, 5) is 15.6. The van der Waals surface area contributed by atoms with Gasteiger partial charge in [0.25, 0.3) is 0 Å². The van der Waals surface area contributed by atoms with E-state index in [4.69, 9.17) is 5.11 Å². The average Bonchev–Trinajstić information content (AvgIpc) is 2.67. The molecule has 0 unspecified atom stereocenters. The number of carboxylic acids is 1. The molecule has 6 heteroatoms. The van der Waals surface area contributed by atoms with Gasteiger partial charge >= 0.3 is 5.97 Å². The Morgan fingerprint density at radius 3 is 2.90 bits per heavy atom. The maximum atomic E-state index is 11.2. The van der Waals surface area contributed by atoms with Gasteiger partial charge in [-0.05, 0) is 38.9 Å². The second kappa shape index (κ2) is 4.21. The summed E-state index contributed by atoms with van der Waals surface area (Å²) in [6.07, 6.45) is 0.906. The number of phenolic OH excluding ortho intramolecular Hbond substituents is 1. The molecule has 1 aromatic carbocycles. The third kappa shape index (κ3) is 1.84. The number of nitrogens with zero attached hydrogens (tertiary/aromatic N) is 2. The van der Waals surface area contributed by atoms with Gasteiger partial charge in [-0.15, -0.1) is 0 Å². The van der Waals surface area contributed by atoms with Crippen molar-refractivity contribution >= 4 is 17.0 Å². The van der Waals surface area contributed by atoms with Gasteiger partial charge < -0.3 is 20.1 Å². The van der Waals surface area contributed by atoms with Crippen LogP contribution in [-0.4, -0.2) is 32.3 Å². The molecular formula is C14H17N3O3. The van der Waals surface area contributed by atoms with E-state index in [0.29, 0.717) is 17.6 Å². The lowest BCUT2D eigenvalue weighted by Gasteiger charge is -2.27. The first kappa shape index (κ1) is 12.9.